The molecule has 1 rings (SSSR count). The maximum atomic E-state index is 12.4. The Morgan fingerprint density at radius 3 is 2.61 bits per heavy atom. The Balaban J connectivity index is 2.65. The van der Waals surface area contributed by atoms with Crippen LogP contribution in [0.1, 0.15) is 25.6 Å². The molecule has 0 fully saturated rings. The van der Waals surface area contributed by atoms with Crippen molar-refractivity contribution in [1.82, 2.24) is 9.88 Å². The molecule has 0 spiro atoms. The van der Waals surface area contributed by atoms with Gasteiger partial charge in [-0.25, -0.2) is 4.98 Å². The Morgan fingerprint density at radius 2 is 2.11 bits per heavy atom. The maximum Gasteiger partial charge on any atom is 0.401 e. The van der Waals surface area contributed by atoms with Gasteiger partial charge in [0.2, 0.25) is 0 Å². The molecule has 7 heteroatoms. The monoisotopic (exact) mass is 281 g/mol. The molecule has 0 radical (unpaired) electrons. The molecule has 0 aromatic carbocycles. The zero-order valence-electron chi connectivity index (χ0n) is 10.7. The van der Waals surface area contributed by atoms with Crippen molar-refractivity contribution in [3.8, 4) is 0 Å². The molecular formula is C11H18F3N3S. The highest BCUT2D eigenvalue weighted by atomic mass is 32.1. The Bertz CT molecular complexity index is 363. The van der Waals surface area contributed by atoms with Crippen molar-refractivity contribution in [2.24, 2.45) is 0 Å². The third-order valence-electron chi connectivity index (χ3n) is 2.35. The molecular weight excluding hydrogens is 263 g/mol. The van der Waals surface area contributed by atoms with Crippen molar-refractivity contribution in [3.63, 3.8) is 0 Å². The number of halogens is 3. The third-order valence-corrected chi connectivity index (χ3v) is 3.29. The summed E-state index contributed by atoms with van der Waals surface area (Å²) in [7, 11) is 0. The molecule has 0 aliphatic heterocycles. The van der Waals surface area contributed by atoms with Gasteiger partial charge in [0.05, 0.1) is 6.54 Å². The number of anilines is 1. The second-order valence-corrected chi connectivity index (χ2v) is 5.39. The van der Waals surface area contributed by atoms with E-state index in [9.17, 15) is 13.2 Å². The maximum absolute atomic E-state index is 12.4. The molecule has 3 nitrogen and oxygen atoms in total. The molecule has 0 aliphatic carbocycles. The fourth-order valence-electron chi connectivity index (χ4n) is 1.47. The van der Waals surface area contributed by atoms with Crippen LogP contribution < -0.4 is 5.32 Å². The minimum Gasteiger partial charge on any atom is -0.362 e. The van der Waals surface area contributed by atoms with Crippen LogP contribution in [-0.4, -0.2) is 35.2 Å². The van der Waals surface area contributed by atoms with Gasteiger partial charge in [-0.2, -0.15) is 13.2 Å². The predicted molar refractivity (Wildman–Crippen MR) is 67.9 cm³/mol. The summed E-state index contributed by atoms with van der Waals surface area (Å²) in [5.41, 5.74) is 0. The first-order valence-corrected chi connectivity index (χ1v) is 6.63. The molecule has 1 N–H and O–H groups in total. The second kappa shape index (κ2) is 6.38. The van der Waals surface area contributed by atoms with Gasteiger partial charge in [-0.15, -0.1) is 11.3 Å². The summed E-state index contributed by atoms with van der Waals surface area (Å²) in [6.45, 7) is 5.61. The Kier molecular flexibility index (Phi) is 5.40. The lowest BCUT2D eigenvalue weighted by Gasteiger charge is -2.26. The van der Waals surface area contributed by atoms with Gasteiger partial charge in [0.1, 0.15) is 0 Å². The summed E-state index contributed by atoms with van der Waals surface area (Å²) < 4.78 is 37.3. The lowest BCUT2D eigenvalue weighted by molar-refractivity contribution is -0.150. The highest BCUT2D eigenvalue weighted by Crippen LogP contribution is 2.23. The molecule has 0 atom stereocenters. The SMILES string of the molecule is CCNc1ncc(CN(CC(F)(F)F)C(C)C)s1. The largest absolute Gasteiger partial charge is 0.401 e. The summed E-state index contributed by atoms with van der Waals surface area (Å²) in [5, 5.41) is 3.80. The Labute approximate surface area is 109 Å². The van der Waals surface area contributed by atoms with Gasteiger partial charge in [-0.1, -0.05) is 0 Å². The fourth-order valence-corrected chi connectivity index (χ4v) is 2.37. The van der Waals surface area contributed by atoms with E-state index in [0.717, 1.165) is 16.6 Å². The van der Waals surface area contributed by atoms with E-state index in [1.807, 2.05) is 6.92 Å². The standard InChI is InChI=1S/C11H18F3N3S/c1-4-15-10-16-5-9(18-10)6-17(8(2)3)7-11(12,13)14/h5,8H,4,6-7H2,1-3H3,(H,15,16). The number of nitrogens with zero attached hydrogens (tertiary/aromatic N) is 2. The van der Waals surface area contributed by atoms with Crippen LogP contribution in [0.5, 0.6) is 0 Å². The van der Waals surface area contributed by atoms with Crippen molar-refractivity contribution in [1.29, 1.82) is 0 Å². The molecule has 0 unspecified atom stereocenters. The summed E-state index contributed by atoms with van der Waals surface area (Å²) in [5.74, 6) is 0. The molecule has 0 saturated heterocycles. The number of hydrogen-bond acceptors (Lipinski definition) is 4. The molecule has 1 aromatic rings. The lowest BCUT2D eigenvalue weighted by atomic mass is 10.3. The van der Waals surface area contributed by atoms with Crippen LogP contribution in [0.3, 0.4) is 0 Å². The molecule has 1 heterocycles. The number of aromatic nitrogens is 1. The summed E-state index contributed by atoms with van der Waals surface area (Å²) in [4.78, 5) is 6.34. The second-order valence-electron chi connectivity index (χ2n) is 4.28. The van der Waals surface area contributed by atoms with E-state index in [2.05, 4.69) is 10.3 Å². The number of nitrogens with one attached hydrogen (secondary N) is 1. The Hall–Kier alpha value is -0.820. The van der Waals surface area contributed by atoms with Gasteiger partial charge in [0.15, 0.2) is 5.13 Å². The van der Waals surface area contributed by atoms with Gasteiger partial charge in [-0.3, -0.25) is 4.90 Å². The minimum absolute atomic E-state index is 0.156. The van der Waals surface area contributed by atoms with Crippen LogP contribution in [0.25, 0.3) is 0 Å². The van der Waals surface area contributed by atoms with E-state index in [4.69, 9.17) is 0 Å². The average molecular weight is 281 g/mol. The first kappa shape index (κ1) is 15.2. The van der Waals surface area contributed by atoms with Crippen molar-refractivity contribution >= 4 is 16.5 Å². The van der Waals surface area contributed by atoms with Crippen LogP contribution in [0.2, 0.25) is 0 Å². The van der Waals surface area contributed by atoms with Crippen LogP contribution in [-0.2, 0) is 6.54 Å². The van der Waals surface area contributed by atoms with Crippen LogP contribution in [0, 0.1) is 0 Å². The molecule has 0 saturated carbocycles. The van der Waals surface area contributed by atoms with E-state index in [1.165, 1.54) is 16.2 Å². The molecule has 104 valence electrons. The van der Waals surface area contributed by atoms with E-state index in [1.54, 1.807) is 20.0 Å². The summed E-state index contributed by atoms with van der Waals surface area (Å²) >= 11 is 1.40. The molecule has 1 aromatic heterocycles. The minimum atomic E-state index is -4.17. The lowest BCUT2D eigenvalue weighted by Crippen LogP contribution is -2.38. The number of alkyl halides is 3. The van der Waals surface area contributed by atoms with Crippen LogP contribution >= 0.6 is 11.3 Å². The van der Waals surface area contributed by atoms with Gasteiger partial charge < -0.3 is 5.32 Å². The van der Waals surface area contributed by atoms with E-state index >= 15 is 0 Å². The van der Waals surface area contributed by atoms with Gasteiger partial charge in [0, 0.05) is 30.2 Å². The van der Waals surface area contributed by atoms with E-state index in [0.29, 0.717) is 0 Å². The molecule has 0 aliphatic rings. The summed E-state index contributed by atoms with van der Waals surface area (Å²) in [6.07, 6.45) is -2.53. The first-order valence-electron chi connectivity index (χ1n) is 5.81. The topological polar surface area (TPSA) is 28.2 Å². The van der Waals surface area contributed by atoms with Gasteiger partial charge >= 0.3 is 6.18 Å². The number of thiazole rings is 1. The highest BCUT2D eigenvalue weighted by molar-refractivity contribution is 7.15. The van der Waals surface area contributed by atoms with Gasteiger partial charge in [-0.05, 0) is 20.8 Å². The average Bonchev–Trinajstić information content (AvgIpc) is 2.63. The first-order chi connectivity index (χ1) is 8.31. The zero-order chi connectivity index (χ0) is 13.8. The quantitative estimate of drug-likeness (QED) is 0.866. The zero-order valence-corrected chi connectivity index (χ0v) is 11.5. The van der Waals surface area contributed by atoms with E-state index in [-0.39, 0.29) is 12.6 Å². The smallest absolute Gasteiger partial charge is 0.362 e. The van der Waals surface area contributed by atoms with Crippen molar-refractivity contribution in [3.05, 3.63) is 11.1 Å². The number of hydrogen-bond donors (Lipinski definition) is 1. The molecule has 0 amide bonds. The highest BCUT2D eigenvalue weighted by Gasteiger charge is 2.31. The Morgan fingerprint density at radius 1 is 1.44 bits per heavy atom. The third kappa shape index (κ3) is 5.22. The van der Waals surface area contributed by atoms with Gasteiger partial charge in [0.25, 0.3) is 0 Å². The molecule has 0 bridgehead atoms. The fraction of sp³-hybridized carbons (Fsp3) is 0.727. The van der Waals surface area contributed by atoms with Crippen LogP contribution in [0.15, 0.2) is 6.20 Å². The number of rotatable bonds is 6. The molecule has 18 heavy (non-hydrogen) atoms. The normalized spacial score (nSPS) is 12.4. The predicted octanol–water partition coefficient (Wildman–Crippen LogP) is 3.35. The van der Waals surface area contributed by atoms with Crippen LogP contribution in [0.4, 0.5) is 18.3 Å². The van der Waals surface area contributed by atoms with Crippen molar-refractivity contribution < 1.29 is 13.2 Å². The summed E-state index contributed by atoms with van der Waals surface area (Å²) in [6, 6.07) is -0.156. The van der Waals surface area contributed by atoms with E-state index < -0.39 is 12.7 Å². The van der Waals surface area contributed by atoms with Crippen molar-refractivity contribution in [2.45, 2.75) is 39.5 Å². The van der Waals surface area contributed by atoms with Crippen molar-refractivity contribution in [2.75, 3.05) is 18.4 Å².